The zero-order valence-electron chi connectivity index (χ0n) is 17.5. The minimum atomic E-state index is -0.128. The molecule has 0 radical (unpaired) electrons. The van der Waals surface area contributed by atoms with Gasteiger partial charge in [0.15, 0.2) is 0 Å². The van der Waals surface area contributed by atoms with E-state index in [1.807, 2.05) is 40.1 Å². The quantitative estimate of drug-likeness (QED) is 0.422. The predicted octanol–water partition coefficient (Wildman–Crippen LogP) is 1.85. The Hall–Kier alpha value is -3.02. The molecule has 0 aliphatic carbocycles. The summed E-state index contributed by atoms with van der Waals surface area (Å²) in [5.74, 6) is 0.258. The van der Waals surface area contributed by atoms with Crippen LogP contribution in [0.2, 0.25) is 5.82 Å². The van der Waals surface area contributed by atoms with Crippen LogP contribution >= 0.6 is 0 Å². The van der Waals surface area contributed by atoms with Gasteiger partial charge in [-0.1, -0.05) is 12.5 Å². The zero-order chi connectivity index (χ0) is 21.5. The maximum atomic E-state index is 12.5. The average Bonchev–Trinajstić information content (AvgIpc) is 3.18. The maximum absolute atomic E-state index is 12.5. The van der Waals surface area contributed by atoms with E-state index in [1.54, 1.807) is 35.2 Å². The van der Waals surface area contributed by atoms with Crippen LogP contribution in [0.15, 0.2) is 55.0 Å². The first-order valence-corrected chi connectivity index (χ1v) is 10.5. The van der Waals surface area contributed by atoms with Gasteiger partial charge in [0.2, 0.25) is 11.8 Å². The molecule has 0 aliphatic rings. The Labute approximate surface area is 178 Å². The molecule has 3 rings (SSSR count). The van der Waals surface area contributed by atoms with Crippen LogP contribution < -0.4 is 5.32 Å². The number of phenols is 1. The van der Waals surface area contributed by atoms with Gasteiger partial charge in [0.05, 0.1) is 5.52 Å². The fourth-order valence-electron chi connectivity index (χ4n) is 3.58. The molecule has 154 valence electrons. The number of rotatable bonds is 9. The van der Waals surface area contributed by atoms with Gasteiger partial charge in [0.1, 0.15) is 21.4 Å². The van der Waals surface area contributed by atoms with Crippen molar-refractivity contribution in [1.29, 1.82) is 0 Å². The van der Waals surface area contributed by atoms with Crippen LogP contribution in [0.5, 0.6) is 5.75 Å². The van der Waals surface area contributed by atoms with Gasteiger partial charge in [-0.2, -0.15) is 0 Å². The van der Waals surface area contributed by atoms with E-state index in [-0.39, 0.29) is 29.2 Å². The number of aromatic hydroxyl groups is 1. The lowest BCUT2D eigenvalue weighted by Crippen LogP contribution is -2.31. The molecule has 3 aromatic rings. The molecule has 2 heterocycles. The molecule has 8 heteroatoms. The van der Waals surface area contributed by atoms with Crippen molar-refractivity contribution < 1.29 is 14.7 Å². The number of benzene rings is 1. The van der Waals surface area contributed by atoms with Crippen molar-refractivity contribution in [3.05, 3.63) is 60.6 Å². The molecular weight excluding hydrogens is 376 g/mol. The molecule has 2 unspecified atom stereocenters. The summed E-state index contributed by atoms with van der Waals surface area (Å²) < 4.78 is 1.64. The van der Waals surface area contributed by atoms with Crippen molar-refractivity contribution in [2.75, 3.05) is 6.54 Å². The molecule has 0 bridgehead atoms. The highest BCUT2D eigenvalue weighted by Crippen LogP contribution is 2.23. The minimum absolute atomic E-state index is 0.0404. The first kappa shape index (κ1) is 21.7. The summed E-state index contributed by atoms with van der Waals surface area (Å²) in [4.78, 5) is 29.0. The van der Waals surface area contributed by atoms with Crippen LogP contribution in [0.4, 0.5) is 0 Å². The van der Waals surface area contributed by atoms with E-state index in [9.17, 15) is 14.7 Å². The Morgan fingerprint density at radius 3 is 2.73 bits per heavy atom. The van der Waals surface area contributed by atoms with E-state index in [0.717, 1.165) is 35.7 Å². The molecule has 0 spiro atoms. The summed E-state index contributed by atoms with van der Waals surface area (Å²) in [6.07, 6.45) is 8.22. The van der Waals surface area contributed by atoms with Crippen LogP contribution in [0.3, 0.4) is 0 Å². The van der Waals surface area contributed by atoms with Crippen LogP contribution in [-0.2, 0) is 4.79 Å². The summed E-state index contributed by atoms with van der Waals surface area (Å²) in [6, 6.07) is 10.7. The molecule has 2 N–H and O–H groups in total. The first-order valence-electron chi connectivity index (χ1n) is 10.5. The second kappa shape index (κ2) is 10.1. The minimum Gasteiger partial charge on any atom is -0.508 e. The third kappa shape index (κ3) is 5.32. The van der Waals surface area contributed by atoms with Crippen molar-refractivity contribution in [2.24, 2.45) is 0 Å². The SMILES string of the molecule is BC(C(=O)NCCCCCC(=O)n1ccc2cc(O)ccc21)C(B)c1cccnc1. The number of nitrogens with zero attached hydrogens (tertiary/aromatic N) is 2. The molecule has 0 fully saturated rings. The largest absolute Gasteiger partial charge is 0.508 e. The van der Waals surface area contributed by atoms with E-state index in [2.05, 4.69) is 10.3 Å². The number of nitrogens with one attached hydrogen (secondary N) is 1. The Morgan fingerprint density at radius 1 is 1.13 bits per heavy atom. The van der Waals surface area contributed by atoms with Crippen molar-refractivity contribution in [2.45, 2.75) is 37.3 Å². The molecular formula is C22H27B2N3O3. The topological polar surface area (TPSA) is 84.2 Å². The summed E-state index contributed by atoms with van der Waals surface area (Å²) in [5.41, 5.74) is 1.87. The van der Waals surface area contributed by atoms with Crippen molar-refractivity contribution in [3.8, 4) is 5.75 Å². The molecule has 30 heavy (non-hydrogen) atoms. The monoisotopic (exact) mass is 403 g/mol. The molecule has 0 aliphatic heterocycles. The number of aromatic nitrogens is 2. The maximum Gasteiger partial charge on any atom is 0.231 e. The van der Waals surface area contributed by atoms with Crippen LogP contribution in [0, 0.1) is 0 Å². The van der Waals surface area contributed by atoms with Crippen LogP contribution in [-0.4, -0.2) is 48.7 Å². The van der Waals surface area contributed by atoms with Crippen molar-refractivity contribution >= 4 is 38.4 Å². The number of pyridine rings is 1. The Balaban J connectivity index is 1.37. The number of carbonyl (C=O) groups is 2. The molecule has 0 saturated carbocycles. The molecule has 0 saturated heterocycles. The van der Waals surface area contributed by atoms with Gasteiger partial charge in [-0.3, -0.25) is 19.1 Å². The summed E-state index contributed by atoms with van der Waals surface area (Å²) in [5, 5.41) is 13.4. The number of phenolic OH excluding ortho intramolecular Hbond substituents is 1. The smallest absolute Gasteiger partial charge is 0.231 e. The van der Waals surface area contributed by atoms with E-state index >= 15 is 0 Å². The summed E-state index contributed by atoms with van der Waals surface area (Å²) in [6.45, 7) is 0.614. The number of fused-ring (bicyclic) bond motifs is 1. The predicted molar refractivity (Wildman–Crippen MR) is 124 cm³/mol. The van der Waals surface area contributed by atoms with Crippen molar-refractivity contribution in [1.82, 2.24) is 14.9 Å². The van der Waals surface area contributed by atoms with Gasteiger partial charge < -0.3 is 10.4 Å². The standard InChI is InChI=1S/C22H27B2N3O3/c23-20(16-5-4-10-25-14-16)21(24)22(30)26-11-3-1-2-6-19(29)27-12-9-15-13-17(28)7-8-18(15)27/h4-5,7-10,12-14,20-21,28H,1-3,6,11,23-24H2,(H,26,30). The fourth-order valence-corrected chi connectivity index (χ4v) is 3.58. The number of hydrogen-bond donors (Lipinski definition) is 2. The number of carbonyl (C=O) groups excluding carboxylic acids is 2. The molecule has 2 atom stereocenters. The number of hydrogen-bond acceptors (Lipinski definition) is 4. The summed E-state index contributed by atoms with van der Waals surface area (Å²) >= 11 is 0. The normalized spacial score (nSPS) is 13.1. The Kier molecular flexibility index (Phi) is 7.33. The van der Waals surface area contributed by atoms with Gasteiger partial charge in [0, 0.05) is 42.8 Å². The highest BCUT2D eigenvalue weighted by Gasteiger charge is 2.21. The fraction of sp³-hybridized carbons (Fsp3) is 0.318. The third-order valence-electron chi connectivity index (χ3n) is 5.68. The second-order valence-electron chi connectivity index (χ2n) is 7.79. The molecule has 6 nitrogen and oxygen atoms in total. The lowest BCUT2D eigenvalue weighted by atomic mass is 9.63. The second-order valence-corrected chi connectivity index (χ2v) is 7.79. The Bertz CT molecular complexity index is 1010. The molecule has 1 aromatic carbocycles. The van der Waals surface area contributed by atoms with Gasteiger partial charge in [-0.25, -0.2) is 0 Å². The van der Waals surface area contributed by atoms with E-state index in [0.29, 0.717) is 13.0 Å². The highest BCUT2D eigenvalue weighted by atomic mass is 16.3. The van der Waals surface area contributed by atoms with E-state index in [1.165, 1.54) is 0 Å². The van der Waals surface area contributed by atoms with Gasteiger partial charge in [-0.05, 0) is 54.6 Å². The lowest BCUT2D eigenvalue weighted by molar-refractivity contribution is -0.121. The van der Waals surface area contributed by atoms with Gasteiger partial charge in [-0.15, -0.1) is 0 Å². The first-order chi connectivity index (χ1) is 14.5. The summed E-state index contributed by atoms with van der Waals surface area (Å²) in [7, 11) is 3.98. The highest BCUT2D eigenvalue weighted by molar-refractivity contribution is 6.30. The van der Waals surface area contributed by atoms with E-state index < -0.39 is 0 Å². The van der Waals surface area contributed by atoms with Crippen LogP contribution in [0.25, 0.3) is 10.9 Å². The lowest BCUT2D eigenvalue weighted by Gasteiger charge is -2.19. The molecule has 2 aromatic heterocycles. The molecule has 1 amide bonds. The van der Waals surface area contributed by atoms with Gasteiger partial charge in [0.25, 0.3) is 0 Å². The van der Waals surface area contributed by atoms with Gasteiger partial charge >= 0.3 is 0 Å². The van der Waals surface area contributed by atoms with Crippen LogP contribution in [0.1, 0.15) is 41.9 Å². The third-order valence-corrected chi connectivity index (χ3v) is 5.68. The van der Waals surface area contributed by atoms with Crippen molar-refractivity contribution in [3.63, 3.8) is 0 Å². The number of amides is 1. The average molecular weight is 403 g/mol. The Morgan fingerprint density at radius 2 is 1.97 bits per heavy atom. The van der Waals surface area contributed by atoms with E-state index in [4.69, 9.17) is 0 Å². The zero-order valence-corrected chi connectivity index (χ0v) is 17.5. The number of unbranched alkanes of at least 4 members (excludes halogenated alkanes) is 2.